The van der Waals surface area contributed by atoms with E-state index in [1.54, 1.807) is 53.1 Å². The number of hydrogen-bond acceptors (Lipinski definition) is 5. The van der Waals surface area contributed by atoms with E-state index in [1.807, 2.05) is 6.92 Å². The summed E-state index contributed by atoms with van der Waals surface area (Å²) in [6.07, 6.45) is 0. The number of thioether (sulfide) groups is 1. The Hall–Kier alpha value is -2.19. The standard InChI is InChI=1S/C18H20N2O4S2/c1-12-11-20(13(2)21)16-9-8-14(10-18(16)25-12)26(22,23)19-15-6-4-5-7-17(15)24-3/h4-10,12,19H,11H2,1-3H3. The van der Waals surface area contributed by atoms with Crippen LogP contribution in [0.5, 0.6) is 5.75 Å². The zero-order valence-corrected chi connectivity index (χ0v) is 16.4. The topological polar surface area (TPSA) is 75.7 Å². The molecule has 3 rings (SSSR count). The average molecular weight is 393 g/mol. The van der Waals surface area contributed by atoms with Crippen molar-refractivity contribution in [2.24, 2.45) is 0 Å². The minimum Gasteiger partial charge on any atom is -0.495 e. The molecule has 0 saturated heterocycles. The molecule has 1 atom stereocenters. The summed E-state index contributed by atoms with van der Waals surface area (Å²) in [6, 6.07) is 11.6. The summed E-state index contributed by atoms with van der Waals surface area (Å²) in [7, 11) is -2.29. The van der Waals surface area contributed by atoms with E-state index in [2.05, 4.69) is 4.72 Å². The fourth-order valence-corrected chi connectivity index (χ4v) is 5.14. The molecule has 6 nitrogen and oxygen atoms in total. The summed E-state index contributed by atoms with van der Waals surface area (Å²) in [5.41, 5.74) is 1.12. The van der Waals surface area contributed by atoms with Crippen LogP contribution in [0.4, 0.5) is 11.4 Å². The average Bonchev–Trinajstić information content (AvgIpc) is 2.60. The molecule has 1 aliphatic heterocycles. The minimum absolute atomic E-state index is 0.0545. The van der Waals surface area contributed by atoms with Crippen LogP contribution in [0.15, 0.2) is 52.3 Å². The second kappa shape index (κ2) is 7.20. The van der Waals surface area contributed by atoms with Crippen molar-refractivity contribution < 1.29 is 17.9 Å². The van der Waals surface area contributed by atoms with Gasteiger partial charge in [-0.15, -0.1) is 11.8 Å². The fourth-order valence-electron chi connectivity index (χ4n) is 2.82. The third kappa shape index (κ3) is 3.66. The smallest absolute Gasteiger partial charge is 0.262 e. The number of ether oxygens (including phenoxy) is 1. The molecule has 0 fully saturated rings. The van der Waals surface area contributed by atoms with Gasteiger partial charge in [-0.25, -0.2) is 8.42 Å². The van der Waals surface area contributed by atoms with Gasteiger partial charge in [-0.1, -0.05) is 19.1 Å². The summed E-state index contributed by atoms with van der Waals surface area (Å²) >= 11 is 1.57. The van der Waals surface area contributed by atoms with E-state index in [4.69, 9.17) is 4.74 Å². The molecule has 1 N–H and O–H groups in total. The number of nitrogens with zero attached hydrogens (tertiary/aromatic N) is 1. The molecule has 1 heterocycles. The first-order valence-corrected chi connectivity index (χ1v) is 10.4. The van der Waals surface area contributed by atoms with E-state index in [0.29, 0.717) is 18.0 Å². The lowest BCUT2D eigenvalue weighted by molar-refractivity contribution is -0.116. The van der Waals surface area contributed by atoms with Gasteiger partial charge in [-0.05, 0) is 30.3 Å². The van der Waals surface area contributed by atoms with Crippen LogP contribution >= 0.6 is 11.8 Å². The van der Waals surface area contributed by atoms with Crippen LogP contribution in [0.3, 0.4) is 0 Å². The Morgan fingerprint density at radius 1 is 1.27 bits per heavy atom. The van der Waals surface area contributed by atoms with Crippen molar-refractivity contribution >= 4 is 39.1 Å². The number of nitrogens with one attached hydrogen (secondary N) is 1. The molecule has 2 aromatic carbocycles. The molecule has 1 unspecified atom stereocenters. The molecule has 1 amide bonds. The van der Waals surface area contributed by atoms with Gasteiger partial charge in [0.1, 0.15) is 5.75 Å². The molecule has 0 radical (unpaired) electrons. The SMILES string of the molecule is COc1ccccc1NS(=O)(=O)c1ccc2c(c1)SC(C)CN2C(C)=O. The third-order valence-electron chi connectivity index (χ3n) is 4.03. The summed E-state index contributed by atoms with van der Waals surface area (Å²) < 4.78 is 33.4. The van der Waals surface area contributed by atoms with Crippen molar-refractivity contribution in [1.29, 1.82) is 0 Å². The number of sulfonamides is 1. The number of benzene rings is 2. The number of methoxy groups -OCH3 is 1. The minimum atomic E-state index is -3.78. The first-order valence-electron chi connectivity index (χ1n) is 8.06. The van der Waals surface area contributed by atoms with Crippen molar-refractivity contribution in [3.05, 3.63) is 42.5 Å². The number of amides is 1. The van der Waals surface area contributed by atoms with Crippen LogP contribution in [0.2, 0.25) is 0 Å². The molecule has 8 heteroatoms. The Kier molecular flexibility index (Phi) is 5.15. The van der Waals surface area contributed by atoms with E-state index in [1.165, 1.54) is 20.1 Å². The van der Waals surface area contributed by atoms with E-state index in [9.17, 15) is 13.2 Å². The van der Waals surface area contributed by atoms with Gasteiger partial charge in [0, 0.05) is 23.6 Å². The van der Waals surface area contributed by atoms with Gasteiger partial charge in [0.25, 0.3) is 10.0 Å². The monoisotopic (exact) mass is 392 g/mol. The number of hydrogen-bond donors (Lipinski definition) is 1. The van der Waals surface area contributed by atoms with Gasteiger partial charge in [0.15, 0.2) is 0 Å². The zero-order chi connectivity index (χ0) is 18.9. The molecule has 26 heavy (non-hydrogen) atoms. The predicted molar refractivity (Wildman–Crippen MR) is 104 cm³/mol. The molecule has 138 valence electrons. The molecule has 0 saturated carbocycles. The number of para-hydroxylation sites is 2. The van der Waals surface area contributed by atoms with E-state index in [0.717, 1.165) is 10.6 Å². The number of carbonyl (C=O) groups is 1. The summed E-state index contributed by atoms with van der Waals surface area (Å²) in [5.74, 6) is 0.390. The molecule has 2 aromatic rings. The normalized spacial score (nSPS) is 16.7. The quantitative estimate of drug-likeness (QED) is 0.864. The second-order valence-electron chi connectivity index (χ2n) is 5.99. The first kappa shape index (κ1) is 18.6. The number of fused-ring (bicyclic) bond motifs is 1. The molecular weight excluding hydrogens is 372 g/mol. The van der Waals surface area contributed by atoms with Gasteiger partial charge >= 0.3 is 0 Å². The van der Waals surface area contributed by atoms with Gasteiger partial charge in [0.05, 0.1) is 23.4 Å². The Morgan fingerprint density at radius 3 is 2.69 bits per heavy atom. The van der Waals surface area contributed by atoms with E-state index in [-0.39, 0.29) is 16.1 Å². The largest absolute Gasteiger partial charge is 0.495 e. The highest BCUT2D eigenvalue weighted by Gasteiger charge is 2.27. The maximum atomic E-state index is 12.8. The lowest BCUT2D eigenvalue weighted by Crippen LogP contribution is -2.37. The van der Waals surface area contributed by atoms with Crippen LogP contribution in [0, 0.1) is 0 Å². The third-order valence-corrected chi connectivity index (χ3v) is 6.53. The molecular formula is C18H20N2O4S2. The van der Waals surface area contributed by atoms with Gasteiger partial charge in [-0.3, -0.25) is 9.52 Å². The molecule has 0 aliphatic carbocycles. The summed E-state index contributed by atoms with van der Waals surface area (Å²) in [5, 5.41) is 0.187. The van der Waals surface area contributed by atoms with E-state index < -0.39 is 10.0 Å². The Balaban J connectivity index is 1.97. The first-order chi connectivity index (χ1) is 12.3. The van der Waals surface area contributed by atoms with Gasteiger partial charge < -0.3 is 9.64 Å². The van der Waals surface area contributed by atoms with Crippen molar-refractivity contribution in [3.63, 3.8) is 0 Å². The lowest BCUT2D eigenvalue weighted by Gasteiger charge is -2.32. The highest BCUT2D eigenvalue weighted by atomic mass is 32.2. The van der Waals surface area contributed by atoms with Crippen LogP contribution in [0.1, 0.15) is 13.8 Å². The number of carbonyl (C=O) groups excluding carboxylic acids is 1. The van der Waals surface area contributed by atoms with Crippen LogP contribution in [-0.2, 0) is 14.8 Å². The van der Waals surface area contributed by atoms with Crippen LogP contribution < -0.4 is 14.4 Å². The van der Waals surface area contributed by atoms with Crippen LogP contribution in [-0.4, -0.2) is 33.2 Å². The van der Waals surface area contributed by atoms with Crippen molar-refractivity contribution in [2.75, 3.05) is 23.3 Å². The highest BCUT2D eigenvalue weighted by molar-refractivity contribution is 8.00. The van der Waals surface area contributed by atoms with E-state index >= 15 is 0 Å². The maximum absolute atomic E-state index is 12.8. The number of anilines is 2. The van der Waals surface area contributed by atoms with Crippen molar-refractivity contribution in [1.82, 2.24) is 0 Å². The maximum Gasteiger partial charge on any atom is 0.262 e. The Bertz CT molecular complexity index is 944. The fraction of sp³-hybridized carbons (Fsp3) is 0.278. The molecule has 0 bridgehead atoms. The Labute approximate surface area is 157 Å². The van der Waals surface area contributed by atoms with Crippen LogP contribution in [0.25, 0.3) is 0 Å². The van der Waals surface area contributed by atoms with Gasteiger partial charge in [-0.2, -0.15) is 0 Å². The molecule has 0 aromatic heterocycles. The number of rotatable bonds is 4. The van der Waals surface area contributed by atoms with Gasteiger partial charge in [0.2, 0.25) is 5.91 Å². The van der Waals surface area contributed by atoms with Crippen molar-refractivity contribution in [3.8, 4) is 5.75 Å². The summed E-state index contributed by atoms with van der Waals surface area (Å²) in [6.45, 7) is 4.14. The predicted octanol–water partition coefficient (Wildman–Crippen LogP) is 3.34. The zero-order valence-electron chi connectivity index (χ0n) is 14.7. The second-order valence-corrected chi connectivity index (χ2v) is 9.16. The highest BCUT2D eigenvalue weighted by Crippen LogP contribution is 2.40. The molecule has 1 aliphatic rings. The Morgan fingerprint density at radius 2 is 2.00 bits per heavy atom. The van der Waals surface area contributed by atoms with Crippen molar-refractivity contribution in [2.45, 2.75) is 28.9 Å². The molecule has 0 spiro atoms. The lowest BCUT2D eigenvalue weighted by atomic mass is 10.2. The summed E-state index contributed by atoms with van der Waals surface area (Å²) in [4.78, 5) is 14.5.